The van der Waals surface area contributed by atoms with E-state index < -0.39 is 11.6 Å². The molecule has 0 saturated heterocycles. The third-order valence-corrected chi connectivity index (χ3v) is 3.16. The van der Waals surface area contributed by atoms with Gasteiger partial charge in [-0.3, -0.25) is 5.43 Å². The molecule has 7 heteroatoms. The summed E-state index contributed by atoms with van der Waals surface area (Å²) in [4.78, 5) is 0. The lowest BCUT2D eigenvalue weighted by Crippen LogP contribution is -2.26. The summed E-state index contributed by atoms with van der Waals surface area (Å²) in [6, 6.07) is 10.5. The summed E-state index contributed by atoms with van der Waals surface area (Å²) in [6.45, 7) is 0. The molecule has 0 atom stereocenters. The van der Waals surface area contributed by atoms with Crippen molar-refractivity contribution in [3.8, 4) is 0 Å². The van der Waals surface area contributed by atoms with Crippen molar-refractivity contribution < 1.29 is 8.78 Å². The number of hydrazone groups is 1. The summed E-state index contributed by atoms with van der Waals surface area (Å²) in [6.07, 6.45) is 0. The fourth-order valence-electron chi connectivity index (χ4n) is 1.74. The second kappa shape index (κ2) is 6.73. The van der Waals surface area contributed by atoms with Crippen molar-refractivity contribution in [2.75, 3.05) is 0 Å². The fraction of sp³-hybridized carbons (Fsp3) is 0. The minimum atomic E-state index is -0.724. The smallest absolute Gasteiger partial charge is 0.184 e. The van der Waals surface area contributed by atoms with E-state index in [1.54, 1.807) is 24.3 Å². The van der Waals surface area contributed by atoms with E-state index >= 15 is 0 Å². The standard InChI is InChI=1S/C14H10BrF2N3S/c15-9-4-1-3-8(7-9)13(19-20-14(18)21)12-10(16)5-2-6-11(12)17/h1-7H,(H3,18,20,21)/b19-13-. The molecule has 2 aromatic carbocycles. The van der Waals surface area contributed by atoms with Crippen LogP contribution in [0.5, 0.6) is 0 Å². The van der Waals surface area contributed by atoms with Crippen molar-refractivity contribution in [1.29, 1.82) is 0 Å². The Balaban J connectivity index is 2.62. The van der Waals surface area contributed by atoms with Crippen molar-refractivity contribution in [2.24, 2.45) is 10.8 Å². The molecule has 0 amide bonds. The van der Waals surface area contributed by atoms with Crippen LogP contribution in [0.2, 0.25) is 0 Å². The zero-order valence-corrected chi connectivity index (χ0v) is 13.0. The third kappa shape index (κ3) is 3.83. The Morgan fingerprint density at radius 3 is 2.33 bits per heavy atom. The van der Waals surface area contributed by atoms with Gasteiger partial charge < -0.3 is 5.73 Å². The predicted octanol–water partition coefficient (Wildman–Crippen LogP) is 3.31. The molecule has 2 rings (SSSR count). The van der Waals surface area contributed by atoms with Crippen LogP contribution in [-0.2, 0) is 0 Å². The van der Waals surface area contributed by atoms with E-state index in [9.17, 15) is 8.78 Å². The summed E-state index contributed by atoms with van der Waals surface area (Å²) in [5.74, 6) is -1.45. The highest BCUT2D eigenvalue weighted by molar-refractivity contribution is 9.10. The lowest BCUT2D eigenvalue weighted by Gasteiger charge is -2.10. The van der Waals surface area contributed by atoms with Crippen LogP contribution in [0.3, 0.4) is 0 Å². The average molecular weight is 370 g/mol. The van der Waals surface area contributed by atoms with E-state index in [0.29, 0.717) is 5.56 Å². The van der Waals surface area contributed by atoms with Gasteiger partial charge in [-0.05, 0) is 36.5 Å². The van der Waals surface area contributed by atoms with E-state index in [1.807, 2.05) is 0 Å². The maximum absolute atomic E-state index is 14.0. The number of halogens is 3. The first kappa shape index (κ1) is 15.5. The van der Waals surface area contributed by atoms with Crippen molar-refractivity contribution in [3.63, 3.8) is 0 Å². The first-order chi connectivity index (χ1) is 9.99. The molecule has 3 nitrogen and oxygen atoms in total. The Morgan fingerprint density at radius 2 is 1.76 bits per heavy atom. The molecular formula is C14H10BrF2N3S. The average Bonchev–Trinajstić information content (AvgIpc) is 2.41. The van der Waals surface area contributed by atoms with E-state index in [4.69, 9.17) is 5.73 Å². The molecule has 0 saturated carbocycles. The highest BCUT2D eigenvalue weighted by Crippen LogP contribution is 2.20. The normalized spacial score (nSPS) is 11.3. The van der Waals surface area contributed by atoms with Crippen LogP contribution in [-0.4, -0.2) is 10.8 Å². The molecule has 0 aromatic heterocycles. The lowest BCUT2D eigenvalue weighted by atomic mass is 10.0. The zero-order chi connectivity index (χ0) is 15.4. The molecule has 0 aliphatic heterocycles. The number of nitrogens with one attached hydrogen (secondary N) is 1. The number of nitrogens with two attached hydrogens (primary N) is 1. The minimum Gasteiger partial charge on any atom is -0.375 e. The molecule has 0 fully saturated rings. The Labute approximate surface area is 134 Å². The van der Waals surface area contributed by atoms with Crippen molar-refractivity contribution in [3.05, 3.63) is 69.7 Å². The number of hydrogen-bond acceptors (Lipinski definition) is 2. The van der Waals surface area contributed by atoms with E-state index in [1.165, 1.54) is 6.07 Å². The molecule has 0 unspecified atom stereocenters. The monoisotopic (exact) mass is 369 g/mol. The molecule has 0 aliphatic rings. The van der Waals surface area contributed by atoms with Crippen LogP contribution in [0, 0.1) is 11.6 Å². The van der Waals surface area contributed by atoms with Gasteiger partial charge in [0.2, 0.25) is 0 Å². The summed E-state index contributed by atoms with van der Waals surface area (Å²) >= 11 is 7.97. The third-order valence-electron chi connectivity index (χ3n) is 2.58. The van der Waals surface area contributed by atoms with Gasteiger partial charge in [0.15, 0.2) is 5.11 Å². The molecule has 3 N–H and O–H groups in total. The Kier molecular flexibility index (Phi) is 4.98. The molecule has 0 radical (unpaired) electrons. The largest absolute Gasteiger partial charge is 0.375 e. The van der Waals surface area contributed by atoms with E-state index in [-0.39, 0.29) is 16.4 Å². The summed E-state index contributed by atoms with van der Waals surface area (Å²) < 4.78 is 28.7. The van der Waals surface area contributed by atoms with Crippen LogP contribution < -0.4 is 11.2 Å². The van der Waals surface area contributed by atoms with Gasteiger partial charge in [-0.25, -0.2) is 8.78 Å². The topological polar surface area (TPSA) is 50.4 Å². The maximum atomic E-state index is 14.0. The first-order valence-electron chi connectivity index (χ1n) is 5.82. The zero-order valence-electron chi connectivity index (χ0n) is 10.6. The van der Waals surface area contributed by atoms with Crippen LogP contribution in [0.25, 0.3) is 0 Å². The summed E-state index contributed by atoms with van der Waals surface area (Å²) in [5, 5.41) is 3.83. The Morgan fingerprint density at radius 1 is 1.14 bits per heavy atom. The number of thiocarbonyl (C=S) groups is 1. The quantitative estimate of drug-likeness (QED) is 0.495. The molecule has 108 valence electrons. The highest BCUT2D eigenvalue weighted by atomic mass is 79.9. The van der Waals surface area contributed by atoms with E-state index in [0.717, 1.165) is 16.6 Å². The number of benzene rings is 2. The highest BCUT2D eigenvalue weighted by Gasteiger charge is 2.17. The molecule has 21 heavy (non-hydrogen) atoms. The van der Waals surface area contributed by atoms with Gasteiger partial charge in [-0.15, -0.1) is 0 Å². The van der Waals surface area contributed by atoms with Crippen molar-refractivity contribution in [2.45, 2.75) is 0 Å². The van der Waals surface area contributed by atoms with Crippen LogP contribution in [0.1, 0.15) is 11.1 Å². The number of rotatable bonds is 3. The van der Waals surface area contributed by atoms with Crippen molar-refractivity contribution in [1.82, 2.24) is 5.43 Å². The minimum absolute atomic E-state index is 0.0692. The van der Waals surface area contributed by atoms with Gasteiger partial charge in [-0.2, -0.15) is 5.10 Å². The molecule has 0 bridgehead atoms. The van der Waals surface area contributed by atoms with Gasteiger partial charge in [0, 0.05) is 10.0 Å². The fourth-order valence-corrected chi connectivity index (χ4v) is 2.18. The van der Waals surface area contributed by atoms with Crippen LogP contribution >= 0.6 is 28.1 Å². The number of nitrogens with zero attached hydrogens (tertiary/aromatic N) is 1. The molecule has 0 heterocycles. The molecule has 0 aliphatic carbocycles. The molecular weight excluding hydrogens is 360 g/mol. The van der Waals surface area contributed by atoms with Crippen LogP contribution in [0.4, 0.5) is 8.78 Å². The molecule has 0 spiro atoms. The van der Waals surface area contributed by atoms with Crippen LogP contribution in [0.15, 0.2) is 52.0 Å². The SMILES string of the molecule is NC(=S)N/N=C(/c1cccc(Br)c1)c1c(F)cccc1F. The van der Waals surface area contributed by atoms with Gasteiger partial charge in [0.25, 0.3) is 0 Å². The van der Waals surface area contributed by atoms with Crippen molar-refractivity contribution >= 4 is 39.0 Å². The van der Waals surface area contributed by atoms with Gasteiger partial charge in [-0.1, -0.05) is 34.1 Å². The Hall–Kier alpha value is -1.86. The lowest BCUT2D eigenvalue weighted by molar-refractivity contribution is 0.579. The van der Waals surface area contributed by atoms with Gasteiger partial charge >= 0.3 is 0 Å². The van der Waals surface area contributed by atoms with Gasteiger partial charge in [0.1, 0.15) is 17.3 Å². The second-order valence-corrected chi connectivity index (χ2v) is 5.40. The predicted molar refractivity (Wildman–Crippen MR) is 86.1 cm³/mol. The Bertz CT molecular complexity index is 699. The second-order valence-electron chi connectivity index (χ2n) is 4.04. The summed E-state index contributed by atoms with van der Waals surface area (Å²) in [5.41, 5.74) is 8.01. The maximum Gasteiger partial charge on any atom is 0.184 e. The summed E-state index contributed by atoms with van der Waals surface area (Å²) in [7, 11) is 0. The first-order valence-corrected chi connectivity index (χ1v) is 7.02. The van der Waals surface area contributed by atoms with E-state index in [2.05, 4.69) is 38.7 Å². The van der Waals surface area contributed by atoms with Gasteiger partial charge in [0.05, 0.1) is 5.56 Å². The molecule has 2 aromatic rings. The number of hydrogen-bond donors (Lipinski definition) is 2.